The van der Waals surface area contributed by atoms with E-state index in [0.29, 0.717) is 16.3 Å². The van der Waals surface area contributed by atoms with Crippen LogP contribution in [0.5, 0.6) is 0 Å². The number of halogens is 1. The van der Waals surface area contributed by atoms with E-state index in [1.807, 2.05) is 86.6 Å². The molecule has 0 atom stereocenters. The van der Waals surface area contributed by atoms with E-state index in [0.717, 1.165) is 27.7 Å². The first kappa shape index (κ1) is 19.8. The topological polar surface area (TPSA) is 54.4 Å². The Morgan fingerprint density at radius 2 is 1.63 bits per heavy atom. The zero-order chi connectivity index (χ0) is 21.1. The molecule has 5 heteroatoms. The van der Waals surface area contributed by atoms with Crippen molar-refractivity contribution in [2.45, 2.75) is 13.8 Å². The van der Waals surface area contributed by atoms with Gasteiger partial charge in [-0.25, -0.2) is 10.4 Å². The van der Waals surface area contributed by atoms with E-state index in [4.69, 9.17) is 16.6 Å². The van der Waals surface area contributed by atoms with E-state index in [1.54, 1.807) is 6.07 Å². The summed E-state index contributed by atoms with van der Waals surface area (Å²) in [6.07, 6.45) is 0. The SMILES string of the molecule is C/C(=N\NC(=O)c1cc(-c2ccc(C)cc2)nc2ccccc12)c1ccccc1Cl. The minimum Gasteiger partial charge on any atom is -0.267 e. The van der Waals surface area contributed by atoms with Crippen molar-refractivity contribution in [1.29, 1.82) is 0 Å². The van der Waals surface area contributed by atoms with E-state index in [1.165, 1.54) is 5.56 Å². The van der Waals surface area contributed by atoms with Gasteiger partial charge in [-0.05, 0) is 32.0 Å². The largest absolute Gasteiger partial charge is 0.272 e. The van der Waals surface area contributed by atoms with Gasteiger partial charge in [-0.2, -0.15) is 5.10 Å². The summed E-state index contributed by atoms with van der Waals surface area (Å²) in [4.78, 5) is 17.8. The van der Waals surface area contributed by atoms with E-state index < -0.39 is 0 Å². The molecule has 148 valence electrons. The average Bonchev–Trinajstić information content (AvgIpc) is 2.77. The lowest BCUT2D eigenvalue weighted by Gasteiger charge is -2.10. The Hall–Kier alpha value is -3.50. The monoisotopic (exact) mass is 413 g/mol. The Bertz CT molecular complexity index is 1260. The zero-order valence-electron chi connectivity index (χ0n) is 16.7. The Labute approximate surface area is 180 Å². The Balaban J connectivity index is 1.72. The highest BCUT2D eigenvalue weighted by Crippen LogP contribution is 2.25. The first-order valence-electron chi connectivity index (χ1n) is 9.59. The lowest BCUT2D eigenvalue weighted by atomic mass is 10.0. The molecule has 30 heavy (non-hydrogen) atoms. The molecule has 0 bridgehead atoms. The van der Waals surface area contributed by atoms with Crippen molar-refractivity contribution in [1.82, 2.24) is 10.4 Å². The molecular weight excluding hydrogens is 394 g/mol. The molecule has 0 radical (unpaired) electrons. The predicted molar refractivity (Wildman–Crippen MR) is 123 cm³/mol. The molecule has 3 aromatic carbocycles. The molecule has 0 aliphatic carbocycles. The Morgan fingerprint density at radius 1 is 0.933 bits per heavy atom. The maximum absolute atomic E-state index is 13.0. The summed E-state index contributed by atoms with van der Waals surface area (Å²) in [5.41, 5.74) is 8.22. The van der Waals surface area contributed by atoms with Gasteiger partial charge >= 0.3 is 0 Å². The molecule has 0 saturated carbocycles. The van der Waals surface area contributed by atoms with Crippen LogP contribution in [0.15, 0.2) is 84.0 Å². The van der Waals surface area contributed by atoms with Crippen molar-refractivity contribution in [3.8, 4) is 11.3 Å². The summed E-state index contributed by atoms with van der Waals surface area (Å²) < 4.78 is 0. The molecule has 1 aromatic heterocycles. The third-order valence-corrected chi connectivity index (χ3v) is 5.23. The summed E-state index contributed by atoms with van der Waals surface area (Å²) >= 11 is 6.23. The molecule has 4 aromatic rings. The number of hydrazone groups is 1. The minimum atomic E-state index is -0.298. The van der Waals surface area contributed by atoms with E-state index in [-0.39, 0.29) is 5.91 Å². The second-order valence-corrected chi connectivity index (χ2v) is 7.46. The normalized spacial score (nSPS) is 11.5. The number of rotatable bonds is 4. The van der Waals surface area contributed by atoms with Crippen LogP contribution in [0.25, 0.3) is 22.2 Å². The van der Waals surface area contributed by atoms with Gasteiger partial charge in [0.2, 0.25) is 0 Å². The van der Waals surface area contributed by atoms with Crippen molar-refractivity contribution >= 4 is 34.1 Å². The summed E-state index contributed by atoms with van der Waals surface area (Å²) in [5, 5.41) is 5.63. The molecule has 1 N–H and O–H groups in total. The summed E-state index contributed by atoms with van der Waals surface area (Å²) in [6.45, 7) is 3.85. The van der Waals surface area contributed by atoms with Crippen molar-refractivity contribution in [3.05, 3.63) is 101 Å². The molecule has 1 heterocycles. The van der Waals surface area contributed by atoms with Gasteiger partial charge in [-0.15, -0.1) is 0 Å². The first-order chi connectivity index (χ1) is 14.5. The highest BCUT2D eigenvalue weighted by Gasteiger charge is 2.14. The van der Waals surface area contributed by atoms with Crippen LogP contribution < -0.4 is 5.43 Å². The van der Waals surface area contributed by atoms with E-state index >= 15 is 0 Å². The maximum Gasteiger partial charge on any atom is 0.272 e. The minimum absolute atomic E-state index is 0.298. The second-order valence-electron chi connectivity index (χ2n) is 7.06. The number of hydrogen-bond donors (Lipinski definition) is 1. The lowest BCUT2D eigenvalue weighted by molar-refractivity contribution is 0.0956. The zero-order valence-corrected chi connectivity index (χ0v) is 17.4. The number of nitrogens with zero attached hydrogens (tertiary/aromatic N) is 2. The fourth-order valence-electron chi connectivity index (χ4n) is 3.25. The summed E-state index contributed by atoms with van der Waals surface area (Å²) in [5.74, 6) is -0.298. The van der Waals surface area contributed by atoms with Crippen LogP contribution in [0, 0.1) is 6.92 Å². The molecule has 4 rings (SSSR count). The van der Waals surface area contributed by atoms with Crippen LogP contribution in [0.3, 0.4) is 0 Å². The van der Waals surface area contributed by atoms with Crippen molar-refractivity contribution < 1.29 is 4.79 Å². The number of para-hydroxylation sites is 1. The number of pyridine rings is 1. The lowest BCUT2D eigenvalue weighted by Crippen LogP contribution is -2.20. The van der Waals surface area contributed by atoms with Crippen molar-refractivity contribution in [2.75, 3.05) is 0 Å². The quantitative estimate of drug-likeness (QED) is 0.328. The van der Waals surface area contributed by atoms with Gasteiger partial charge in [0, 0.05) is 21.5 Å². The van der Waals surface area contributed by atoms with Gasteiger partial charge in [0.15, 0.2) is 0 Å². The third-order valence-electron chi connectivity index (χ3n) is 4.90. The van der Waals surface area contributed by atoms with Gasteiger partial charge in [-0.3, -0.25) is 4.79 Å². The van der Waals surface area contributed by atoms with Crippen molar-refractivity contribution in [2.24, 2.45) is 5.10 Å². The number of aryl methyl sites for hydroxylation is 1. The molecule has 0 unspecified atom stereocenters. The number of benzene rings is 3. The number of nitrogens with one attached hydrogen (secondary N) is 1. The van der Waals surface area contributed by atoms with Crippen molar-refractivity contribution in [3.63, 3.8) is 0 Å². The molecular formula is C25H20ClN3O. The molecule has 0 fully saturated rings. The fourth-order valence-corrected chi connectivity index (χ4v) is 3.52. The third kappa shape index (κ3) is 4.09. The summed E-state index contributed by atoms with van der Waals surface area (Å²) in [6, 6.07) is 24.9. The predicted octanol–water partition coefficient (Wildman–Crippen LogP) is 6.02. The highest BCUT2D eigenvalue weighted by molar-refractivity contribution is 6.34. The van der Waals surface area contributed by atoms with Gasteiger partial charge in [-0.1, -0.05) is 77.8 Å². The van der Waals surface area contributed by atoms with E-state index in [9.17, 15) is 4.79 Å². The number of fused-ring (bicyclic) bond motifs is 1. The van der Waals surface area contributed by atoms with Crippen LogP contribution >= 0.6 is 11.6 Å². The number of carbonyl (C=O) groups excluding carboxylic acids is 1. The van der Waals surface area contributed by atoms with Gasteiger partial charge < -0.3 is 0 Å². The average molecular weight is 414 g/mol. The maximum atomic E-state index is 13.0. The molecule has 0 aliphatic heterocycles. The van der Waals surface area contributed by atoms with Crippen LogP contribution in [0.2, 0.25) is 5.02 Å². The molecule has 0 aliphatic rings. The Kier molecular flexibility index (Phi) is 5.59. The standard InChI is InChI=1S/C25H20ClN3O/c1-16-11-13-18(14-12-16)24-15-21(20-8-4-6-10-23(20)27-24)25(30)29-28-17(2)19-7-3-5-9-22(19)26/h3-15H,1-2H3,(H,29,30)/b28-17+. The van der Waals surface area contributed by atoms with Crippen LogP contribution in [0.1, 0.15) is 28.4 Å². The number of hydrogen-bond acceptors (Lipinski definition) is 3. The number of amides is 1. The highest BCUT2D eigenvalue weighted by atomic mass is 35.5. The van der Waals surface area contributed by atoms with E-state index in [2.05, 4.69) is 10.5 Å². The smallest absolute Gasteiger partial charge is 0.267 e. The van der Waals surface area contributed by atoms with Gasteiger partial charge in [0.1, 0.15) is 0 Å². The van der Waals surface area contributed by atoms with Crippen LogP contribution in [0.4, 0.5) is 0 Å². The van der Waals surface area contributed by atoms with Crippen LogP contribution in [-0.2, 0) is 0 Å². The molecule has 1 amide bonds. The van der Waals surface area contributed by atoms with Gasteiger partial charge in [0.25, 0.3) is 5.91 Å². The van der Waals surface area contributed by atoms with Crippen LogP contribution in [-0.4, -0.2) is 16.6 Å². The molecule has 0 spiro atoms. The number of aromatic nitrogens is 1. The second kappa shape index (κ2) is 8.47. The molecule has 0 saturated heterocycles. The number of carbonyl (C=O) groups is 1. The Morgan fingerprint density at radius 3 is 2.40 bits per heavy atom. The first-order valence-corrected chi connectivity index (χ1v) is 9.97. The summed E-state index contributed by atoms with van der Waals surface area (Å²) in [7, 11) is 0. The fraction of sp³-hybridized carbons (Fsp3) is 0.0800. The molecule has 4 nitrogen and oxygen atoms in total. The van der Waals surface area contributed by atoms with Gasteiger partial charge in [0.05, 0.1) is 22.5 Å².